The molecule has 0 aliphatic carbocycles. The number of imide groups is 1. The van der Waals surface area contributed by atoms with Gasteiger partial charge in [0.2, 0.25) is 6.41 Å². The fourth-order valence-corrected chi connectivity index (χ4v) is 6.08. The van der Waals surface area contributed by atoms with E-state index in [1.54, 1.807) is 31.8 Å². The van der Waals surface area contributed by atoms with Crippen molar-refractivity contribution in [3.8, 4) is 0 Å². The molecule has 0 spiro atoms. The van der Waals surface area contributed by atoms with Crippen LogP contribution in [0, 0.1) is 0 Å². The first-order valence-corrected chi connectivity index (χ1v) is 13.9. The number of nitrogens with one attached hydrogen (secondary N) is 2. The Morgan fingerprint density at radius 2 is 1.97 bits per heavy atom. The molecule has 0 aromatic carbocycles. The summed E-state index contributed by atoms with van der Waals surface area (Å²) >= 11 is 2.57. The van der Waals surface area contributed by atoms with Crippen LogP contribution in [0.3, 0.4) is 0 Å². The van der Waals surface area contributed by atoms with Gasteiger partial charge in [-0.25, -0.2) is 9.65 Å². The van der Waals surface area contributed by atoms with Crippen molar-refractivity contribution in [2.45, 2.75) is 56.4 Å². The normalized spacial score (nSPS) is 20.9. The number of carbonyl (C=O) groups excluding carboxylic acids is 4. The minimum atomic E-state index is -3.85. The zero-order valence-corrected chi connectivity index (χ0v) is 21.7. The molecular formula is C19H32N3O8PS2. The van der Waals surface area contributed by atoms with Crippen LogP contribution in [0.25, 0.3) is 0 Å². The number of esters is 1. The standard InChI is InChI=1S/C19H32N3O8PS2/c1-14(2)30-19(26)15(3)21-31(27,28-9-10-32-13-24)29-11-16-5-6-18(33-16)22(4)8-7-17(25)20-12-23/h7-8,12-16,18H,5-6,9-11H2,1-4H3,(H,21,27)(H,20,23,25)/b8-7-/t15-,16?,18?,31+/m1/s1. The average Bonchev–Trinajstić information content (AvgIpc) is 3.23. The highest BCUT2D eigenvalue weighted by atomic mass is 32.2. The molecule has 33 heavy (non-hydrogen) atoms. The van der Waals surface area contributed by atoms with Gasteiger partial charge in [0.05, 0.1) is 24.7 Å². The first-order valence-electron chi connectivity index (χ1n) is 10.3. The second kappa shape index (κ2) is 15.5. The van der Waals surface area contributed by atoms with E-state index in [4.69, 9.17) is 13.8 Å². The number of rotatable bonds is 16. The Morgan fingerprint density at radius 3 is 2.61 bits per heavy atom. The van der Waals surface area contributed by atoms with Gasteiger partial charge in [-0.05, 0) is 33.6 Å². The highest BCUT2D eigenvalue weighted by Crippen LogP contribution is 2.46. The molecule has 188 valence electrons. The van der Waals surface area contributed by atoms with Gasteiger partial charge in [-0.1, -0.05) is 11.8 Å². The van der Waals surface area contributed by atoms with Gasteiger partial charge in [0.15, 0.2) is 5.62 Å². The summed E-state index contributed by atoms with van der Waals surface area (Å²) in [4.78, 5) is 46.1. The van der Waals surface area contributed by atoms with Gasteiger partial charge >= 0.3 is 13.7 Å². The zero-order chi connectivity index (χ0) is 24.9. The molecule has 1 aliphatic rings. The van der Waals surface area contributed by atoms with Crippen molar-refractivity contribution >= 4 is 55.2 Å². The third-order valence-electron chi connectivity index (χ3n) is 4.22. The number of carbonyl (C=O) groups is 4. The Labute approximate surface area is 202 Å². The molecule has 1 heterocycles. The average molecular weight is 526 g/mol. The summed E-state index contributed by atoms with van der Waals surface area (Å²) in [6, 6.07) is -0.922. The van der Waals surface area contributed by atoms with E-state index in [0.29, 0.717) is 17.8 Å². The van der Waals surface area contributed by atoms with Gasteiger partial charge in [0, 0.05) is 30.3 Å². The Bertz CT molecular complexity index is 740. The molecule has 2 N–H and O–H groups in total. The van der Waals surface area contributed by atoms with E-state index in [0.717, 1.165) is 24.6 Å². The Kier molecular flexibility index (Phi) is 13.9. The van der Waals surface area contributed by atoms with Crippen LogP contribution in [0.15, 0.2) is 12.3 Å². The third-order valence-corrected chi connectivity index (χ3v) is 8.11. The van der Waals surface area contributed by atoms with E-state index in [1.807, 2.05) is 17.3 Å². The minimum absolute atomic E-state index is 0.00352. The van der Waals surface area contributed by atoms with Crippen molar-refractivity contribution in [3.63, 3.8) is 0 Å². The summed E-state index contributed by atoms with van der Waals surface area (Å²) in [6.45, 7) is 5.04. The molecule has 0 radical (unpaired) electrons. The predicted molar refractivity (Wildman–Crippen MR) is 128 cm³/mol. The summed E-state index contributed by atoms with van der Waals surface area (Å²) in [5.74, 6) is -0.804. The molecule has 1 rings (SSSR count). The lowest BCUT2D eigenvalue weighted by atomic mass is 10.2. The molecule has 2 unspecified atom stereocenters. The van der Waals surface area contributed by atoms with Gasteiger partial charge in [0.1, 0.15) is 6.04 Å². The molecule has 1 fully saturated rings. The van der Waals surface area contributed by atoms with Crippen molar-refractivity contribution in [2.75, 3.05) is 26.0 Å². The Morgan fingerprint density at radius 1 is 1.24 bits per heavy atom. The molecule has 1 aliphatic heterocycles. The Hall–Kier alpha value is -1.37. The van der Waals surface area contributed by atoms with E-state index in [1.165, 1.54) is 13.0 Å². The van der Waals surface area contributed by atoms with Crippen LogP contribution < -0.4 is 10.4 Å². The summed E-state index contributed by atoms with van der Waals surface area (Å²) in [6.07, 6.45) is 4.43. The van der Waals surface area contributed by atoms with Crippen molar-refractivity contribution < 1.29 is 37.5 Å². The van der Waals surface area contributed by atoms with Crippen LogP contribution >= 0.6 is 31.3 Å². The molecular weight excluding hydrogens is 493 g/mol. The fourth-order valence-electron chi connectivity index (χ4n) is 2.67. The van der Waals surface area contributed by atoms with Crippen LogP contribution in [-0.4, -0.2) is 77.6 Å². The lowest BCUT2D eigenvalue weighted by Crippen LogP contribution is -2.36. The lowest BCUT2D eigenvalue weighted by Gasteiger charge is -2.25. The van der Waals surface area contributed by atoms with E-state index in [-0.39, 0.29) is 29.9 Å². The first kappa shape index (κ1) is 29.7. The maximum Gasteiger partial charge on any atom is 0.406 e. The molecule has 0 bridgehead atoms. The third kappa shape index (κ3) is 12.1. The van der Waals surface area contributed by atoms with Crippen molar-refractivity contribution in [2.24, 2.45) is 0 Å². The van der Waals surface area contributed by atoms with Gasteiger partial charge in [-0.2, -0.15) is 0 Å². The molecule has 14 heteroatoms. The highest BCUT2D eigenvalue weighted by molar-refractivity contribution is 8.11. The maximum atomic E-state index is 13.2. The topological polar surface area (TPSA) is 140 Å². The highest BCUT2D eigenvalue weighted by Gasteiger charge is 2.34. The maximum absolute atomic E-state index is 13.2. The number of hydrogen-bond acceptors (Lipinski definition) is 11. The van der Waals surface area contributed by atoms with Crippen LogP contribution in [0.1, 0.15) is 33.6 Å². The van der Waals surface area contributed by atoms with Gasteiger partial charge in [-0.15, -0.1) is 11.8 Å². The zero-order valence-electron chi connectivity index (χ0n) is 19.1. The van der Waals surface area contributed by atoms with Crippen molar-refractivity contribution in [1.82, 2.24) is 15.3 Å². The molecule has 2 amide bonds. The summed E-state index contributed by atoms with van der Waals surface area (Å²) in [5.41, 5.74) is 0.661. The van der Waals surface area contributed by atoms with Crippen LogP contribution in [-0.2, 0) is 37.5 Å². The van der Waals surface area contributed by atoms with Crippen molar-refractivity contribution in [3.05, 3.63) is 12.3 Å². The van der Waals surface area contributed by atoms with E-state index in [9.17, 15) is 23.7 Å². The van der Waals surface area contributed by atoms with E-state index in [2.05, 4.69) is 5.09 Å². The van der Waals surface area contributed by atoms with Crippen LogP contribution in [0.2, 0.25) is 0 Å². The number of amides is 2. The minimum Gasteiger partial charge on any atom is -0.462 e. The number of thioether (sulfide) groups is 2. The summed E-state index contributed by atoms with van der Waals surface area (Å²) in [5, 5.41) is 4.72. The molecule has 4 atom stereocenters. The number of ether oxygens (including phenoxy) is 1. The van der Waals surface area contributed by atoms with Crippen molar-refractivity contribution in [1.29, 1.82) is 0 Å². The molecule has 1 saturated heterocycles. The van der Waals surface area contributed by atoms with E-state index >= 15 is 0 Å². The summed E-state index contributed by atoms with van der Waals surface area (Å²) < 4.78 is 29.4. The lowest BCUT2D eigenvalue weighted by molar-refractivity contribution is -0.149. The van der Waals surface area contributed by atoms with Crippen LogP contribution in [0.4, 0.5) is 0 Å². The molecule has 11 nitrogen and oxygen atoms in total. The summed E-state index contributed by atoms with van der Waals surface area (Å²) in [7, 11) is -2.04. The smallest absolute Gasteiger partial charge is 0.406 e. The van der Waals surface area contributed by atoms with Gasteiger partial charge in [-0.3, -0.25) is 33.5 Å². The van der Waals surface area contributed by atoms with Gasteiger partial charge in [0.25, 0.3) is 5.91 Å². The quantitative estimate of drug-likeness (QED) is 0.1000. The number of hydrogen-bond donors (Lipinski definition) is 2. The fraction of sp³-hybridized carbons (Fsp3) is 0.684. The molecule has 0 aromatic rings. The largest absolute Gasteiger partial charge is 0.462 e. The monoisotopic (exact) mass is 525 g/mol. The second-order valence-corrected chi connectivity index (χ2v) is 11.5. The SMILES string of the molecule is CC(C)OC(=O)[C@@H](C)N[P@](=O)(OCCSC=O)OCC1CCC(N(C)/C=C\C(=O)NC=O)S1. The first-order chi connectivity index (χ1) is 15.6. The van der Waals surface area contributed by atoms with Crippen LogP contribution in [0.5, 0.6) is 0 Å². The molecule has 0 saturated carbocycles. The van der Waals surface area contributed by atoms with Gasteiger partial charge < -0.3 is 9.64 Å². The van der Waals surface area contributed by atoms with E-state index < -0.39 is 25.7 Å². The second-order valence-electron chi connectivity index (χ2n) is 7.33. The Balaban J connectivity index is 2.66. The predicted octanol–water partition coefficient (Wildman–Crippen LogP) is 1.92. The number of nitrogens with zero attached hydrogens (tertiary/aromatic N) is 1. The molecule has 0 aromatic heterocycles.